The summed E-state index contributed by atoms with van der Waals surface area (Å²) in [6.45, 7) is 5.78. The minimum Gasteiger partial charge on any atom is -0.326 e. The van der Waals surface area contributed by atoms with E-state index in [2.05, 4.69) is 10.6 Å². The van der Waals surface area contributed by atoms with Crippen LogP contribution >= 0.6 is 11.6 Å². The number of benzene rings is 2. The van der Waals surface area contributed by atoms with Crippen LogP contribution in [-0.4, -0.2) is 11.8 Å². The van der Waals surface area contributed by atoms with Crippen molar-refractivity contribution >= 4 is 34.8 Å². The van der Waals surface area contributed by atoms with Gasteiger partial charge in [-0.1, -0.05) is 29.3 Å². The molecule has 0 heterocycles. The molecule has 24 heavy (non-hydrogen) atoms. The quantitative estimate of drug-likeness (QED) is 0.806. The summed E-state index contributed by atoms with van der Waals surface area (Å²) in [5, 5.41) is 5.18. The number of carbonyl (C=O) groups excluding carboxylic acids is 2. The first-order chi connectivity index (χ1) is 11.3. The molecule has 2 N–H and O–H groups in total. The van der Waals surface area contributed by atoms with E-state index in [1.807, 2.05) is 32.9 Å². The van der Waals surface area contributed by atoms with E-state index in [1.165, 1.54) is 12.1 Å². The van der Waals surface area contributed by atoms with Gasteiger partial charge >= 0.3 is 0 Å². The number of anilines is 2. The maximum atomic E-state index is 13.1. The SMILES string of the molecule is Cc1cc(C)c(NC(=O)CC(=O)Nc2ccc(F)c(Cl)c2)c(C)c1. The highest BCUT2D eigenvalue weighted by Gasteiger charge is 2.13. The van der Waals surface area contributed by atoms with Gasteiger partial charge < -0.3 is 10.6 Å². The molecule has 0 aromatic heterocycles. The first kappa shape index (κ1) is 17.9. The van der Waals surface area contributed by atoms with Crippen molar-refractivity contribution in [2.75, 3.05) is 10.6 Å². The van der Waals surface area contributed by atoms with Gasteiger partial charge in [0.15, 0.2) is 0 Å². The largest absolute Gasteiger partial charge is 0.326 e. The average Bonchev–Trinajstić information content (AvgIpc) is 2.46. The van der Waals surface area contributed by atoms with Gasteiger partial charge in [-0.2, -0.15) is 0 Å². The first-order valence-corrected chi connectivity index (χ1v) is 7.76. The molecular formula is C18H18ClFN2O2. The minimum atomic E-state index is -0.572. The Labute approximate surface area is 145 Å². The fourth-order valence-electron chi connectivity index (χ4n) is 2.49. The van der Waals surface area contributed by atoms with Crippen molar-refractivity contribution in [1.29, 1.82) is 0 Å². The lowest BCUT2D eigenvalue weighted by molar-refractivity contribution is -0.123. The number of hydrogen-bond acceptors (Lipinski definition) is 2. The van der Waals surface area contributed by atoms with Gasteiger partial charge in [-0.3, -0.25) is 9.59 Å². The van der Waals surface area contributed by atoms with Gasteiger partial charge in [0, 0.05) is 11.4 Å². The Hall–Kier alpha value is -2.40. The van der Waals surface area contributed by atoms with Crippen LogP contribution in [0.3, 0.4) is 0 Å². The molecule has 4 nitrogen and oxygen atoms in total. The normalized spacial score (nSPS) is 10.4. The molecule has 0 aliphatic heterocycles. The fraction of sp³-hybridized carbons (Fsp3) is 0.222. The van der Waals surface area contributed by atoms with E-state index in [9.17, 15) is 14.0 Å². The second-order valence-electron chi connectivity index (χ2n) is 5.68. The Kier molecular flexibility index (Phi) is 5.57. The molecule has 0 saturated carbocycles. The summed E-state index contributed by atoms with van der Waals surface area (Å²) in [5.74, 6) is -1.49. The zero-order valence-corrected chi connectivity index (χ0v) is 14.4. The van der Waals surface area contributed by atoms with Crippen LogP contribution in [0, 0.1) is 26.6 Å². The van der Waals surface area contributed by atoms with Crippen molar-refractivity contribution in [3.63, 3.8) is 0 Å². The number of amides is 2. The Morgan fingerprint density at radius 3 is 2.17 bits per heavy atom. The average molecular weight is 349 g/mol. The molecular weight excluding hydrogens is 331 g/mol. The number of carbonyl (C=O) groups is 2. The van der Waals surface area contributed by atoms with Crippen LogP contribution in [-0.2, 0) is 9.59 Å². The van der Waals surface area contributed by atoms with Crippen LogP contribution in [0.25, 0.3) is 0 Å². The van der Waals surface area contributed by atoms with Crippen LogP contribution in [0.2, 0.25) is 5.02 Å². The third-order valence-corrected chi connectivity index (χ3v) is 3.76. The van der Waals surface area contributed by atoms with Crippen LogP contribution in [0.1, 0.15) is 23.1 Å². The van der Waals surface area contributed by atoms with Crippen molar-refractivity contribution in [1.82, 2.24) is 0 Å². The van der Waals surface area contributed by atoms with Gasteiger partial charge in [-0.15, -0.1) is 0 Å². The molecule has 0 fully saturated rings. The molecule has 0 aliphatic carbocycles. The lowest BCUT2D eigenvalue weighted by Crippen LogP contribution is -2.22. The molecule has 0 atom stereocenters. The molecule has 2 aromatic rings. The highest BCUT2D eigenvalue weighted by atomic mass is 35.5. The monoisotopic (exact) mass is 348 g/mol. The van der Waals surface area contributed by atoms with Gasteiger partial charge in [0.25, 0.3) is 0 Å². The van der Waals surface area contributed by atoms with Gasteiger partial charge in [0.05, 0.1) is 5.02 Å². The summed E-state index contributed by atoms with van der Waals surface area (Å²) in [5.41, 5.74) is 4.03. The Balaban J connectivity index is 1.99. The molecule has 0 bridgehead atoms. The molecule has 2 aromatic carbocycles. The Bertz CT molecular complexity index is 783. The summed E-state index contributed by atoms with van der Waals surface area (Å²) in [7, 11) is 0. The van der Waals surface area contributed by atoms with Gasteiger partial charge in [0.1, 0.15) is 12.2 Å². The third kappa shape index (κ3) is 4.55. The second-order valence-corrected chi connectivity index (χ2v) is 6.08. The standard InChI is InChI=1S/C18H18ClFN2O2/c1-10-6-11(2)18(12(3)7-10)22-17(24)9-16(23)21-13-4-5-15(20)14(19)8-13/h4-8H,9H2,1-3H3,(H,21,23)(H,22,24). The van der Waals surface area contributed by atoms with Crippen LogP contribution < -0.4 is 10.6 Å². The second kappa shape index (κ2) is 7.45. The van der Waals surface area contributed by atoms with Crippen LogP contribution in [0.15, 0.2) is 30.3 Å². The van der Waals surface area contributed by atoms with E-state index >= 15 is 0 Å². The summed E-state index contributed by atoms with van der Waals surface area (Å²) < 4.78 is 13.1. The number of rotatable bonds is 4. The molecule has 0 spiro atoms. The summed E-state index contributed by atoms with van der Waals surface area (Å²) in [6.07, 6.45) is -0.345. The van der Waals surface area contributed by atoms with Crippen LogP contribution in [0.4, 0.5) is 15.8 Å². The van der Waals surface area contributed by atoms with E-state index in [0.29, 0.717) is 11.4 Å². The number of nitrogens with one attached hydrogen (secondary N) is 2. The van der Waals surface area contributed by atoms with Crippen molar-refractivity contribution in [3.8, 4) is 0 Å². The molecule has 0 aliphatic rings. The summed E-state index contributed by atoms with van der Waals surface area (Å²) in [4.78, 5) is 24.0. The van der Waals surface area contributed by atoms with E-state index in [4.69, 9.17) is 11.6 Å². The minimum absolute atomic E-state index is 0.0943. The molecule has 2 rings (SSSR count). The molecule has 0 unspecified atom stereocenters. The topological polar surface area (TPSA) is 58.2 Å². The molecule has 2 amide bonds. The van der Waals surface area contributed by atoms with Gasteiger partial charge in [-0.25, -0.2) is 4.39 Å². The smallest absolute Gasteiger partial charge is 0.233 e. The maximum absolute atomic E-state index is 13.1. The molecule has 126 valence electrons. The predicted octanol–water partition coefficient (Wildman–Crippen LogP) is 4.37. The fourth-order valence-corrected chi connectivity index (χ4v) is 2.67. The van der Waals surface area contributed by atoms with Gasteiger partial charge in [-0.05, 0) is 50.1 Å². The highest BCUT2D eigenvalue weighted by molar-refractivity contribution is 6.31. The van der Waals surface area contributed by atoms with Crippen molar-refractivity contribution in [3.05, 3.63) is 57.9 Å². The van der Waals surface area contributed by atoms with E-state index < -0.39 is 17.6 Å². The molecule has 6 heteroatoms. The van der Waals surface area contributed by atoms with E-state index in [-0.39, 0.29) is 11.4 Å². The Morgan fingerprint density at radius 1 is 1.00 bits per heavy atom. The van der Waals surface area contributed by atoms with Crippen molar-refractivity contribution in [2.24, 2.45) is 0 Å². The maximum Gasteiger partial charge on any atom is 0.233 e. The van der Waals surface area contributed by atoms with Crippen molar-refractivity contribution < 1.29 is 14.0 Å². The van der Waals surface area contributed by atoms with E-state index in [0.717, 1.165) is 22.8 Å². The summed E-state index contributed by atoms with van der Waals surface area (Å²) in [6, 6.07) is 7.75. The van der Waals surface area contributed by atoms with Gasteiger partial charge in [0.2, 0.25) is 11.8 Å². The summed E-state index contributed by atoms with van der Waals surface area (Å²) >= 11 is 5.65. The predicted molar refractivity (Wildman–Crippen MR) is 93.9 cm³/mol. The zero-order valence-electron chi connectivity index (χ0n) is 13.7. The highest BCUT2D eigenvalue weighted by Crippen LogP contribution is 2.22. The number of aryl methyl sites for hydroxylation is 3. The lowest BCUT2D eigenvalue weighted by atomic mass is 10.0. The van der Waals surface area contributed by atoms with E-state index in [1.54, 1.807) is 0 Å². The van der Waals surface area contributed by atoms with Crippen LogP contribution in [0.5, 0.6) is 0 Å². The number of halogens is 2. The Morgan fingerprint density at radius 2 is 1.58 bits per heavy atom. The first-order valence-electron chi connectivity index (χ1n) is 7.39. The third-order valence-electron chi connectivity index (χ3n) is 3.47. The zero-order chi connectivity index (χ0) is 17.9. The van der Waals surface area contributed by atoms with Crippen molar-refractivity contribution in [2.45, 2.75) is 27.2 Å². The molecule has 0 saturated heterocycles. The lowest BCUT2D eigenvalue weighted by Gasteiger charge is -2.13. The molecule has 0 radical (unpaired) electrons. The number of hydrogen-bond donors (Lipinski definition) is 2.